The molecular weight excluding hydrogens is 401 g/mol. The topological polar surface area (TPSA) is 76.0 Å². The molecule has 1 rings (SSSR count). The summed E-state index contributed by atoms with van der Waals surface area (Å²) in [7, 11) is 3.56. The second-order valence-corrected chi connectivity index (χ2v) is 8.21. The van der Waals surface area contributed by atoms with E-state index in [2.05, 4.69) is 14.2 Å². The lowest BCUT2D eigenvalue weighted by molar-refractivity contribution is -0.140. The number of unbranched alkanes of at least 4 members (excludes halogenated alkanes) is 2. The number of hydrogen-bond donors (Lipinski definition) is 2. The van der Waals surface area contributed by atoms with Crippen LogP contribution in [-0.4, -0.2) is 47.5 Å². The number of aliphatic hydroxyl groups excluding tert-OH is 2. The van der Waals surface area contributed by atoms with Gasteiger partial charge in [0.15, 0.2) is 0 Å². The molecule has 2 N–H and O–H groups in total. The number of hydrogen-bond acceptors (Lipinski definition) is 5. The quantitative estimate of drug-likeness (QED) is 0.182. The number of methoxy groups -OCH3 is 1. The fraction of sp³-hybridized carbons (Fsp3) is 0.857. The van der Waals surface area contributed by atoms with Gasteiger partial charge in [0.25, 0.3) is 5.92 Å². The molecule has 1 aliphatic rings. The Morgan fingerprint density at radius 3 is 2.66 bits per heavy atom. The van der Waals surface area contributed by atoms with Crippen molar-refractivity contribution in [3.8, 4) is 0 Å². The van der Waals surface area contributed by atoms with E-state index in [-0.39, 0.29) is 36.8 Å². The highest BCUT2D eigenvalue weighted by molar-refractivity contribution is 7.09. The van der Waals surface area contributed by atoms with Crippen molar-refractivity contribution >= 4 is 15.4 Å². The van der Waals surface area contributed by atoms with Crippen molar-refractivity contribution in [1.82, 2.24) is 0 Å². The number of esters is 1. The lowest BCUT2D eigenvalue weighted by Gasteiger charge is -2.27. The summed E-state index contributed by atoms with van der Waals surface area (Å²) in [6.07, 6.45) is 5.41. The largest absolute Gasteiger partial charge is 0.469 e. The number of allylic oxidation sites excluding steroid dienone is 2. The van der Waals surface area contributed by atoms with Gasteiger partial charge in [0.05, 0.1) is 19.3 Å². The number of rotatable bonds is 14. The van der Waals surface area contributed by atoms with E-state index in [0.717, 1.165) is 6.42 Å². The van der Waals surface area contributed by atoms with Crippen molar-refractivity contribution < 1.29 is 33.0 Å². The third-order valence-electron chi connectivity index (χ3n) is 5.85. The smallest absolute Gasteiger partial charge is 0.305 e. The van der Waals surface area contributed by atoms with Gasteiger partial charge in [-0.05, 0) is 50.4 Å². The van der Waals surface area contributed by atoms with E-state index in [1.807, 2.05) is 19.1 Å². The third-order valence-corrected chi connectivity index (χ3v) is 6.20. The van der Waals surface area contributed by atoms with Gasteiger partial charge in [0, 0.05) is 28.7 Å². The zero-order chi connectivity index (χ0) is 21.9. The van der Waals surface area contributed by atoms with Gasteiger partial charge in [0.2, 0.25) is 0 Å². The molecule has 1 saturated carbocycles. The Morgan fingerprint density at radius 1 is 1.31 bits per heavy atom. The highest BCUT2D eigenvalue weighted by Crippen LogP contribution is 2.41. The van der Waals surface area contributed by atoms with Crippen molar-refractivity contribution in [1.29, 1.82) is 0 Å². The van der Waals surface area contributed by atoms with Gasteiger partial charge in [-0.15, -0.1) is 0 Å². The van der Waals surface area contributed by atoms with E-state index in [4.69, 9.17) is 4.52 Å². The average molecular weight is 438 g/mol. The summed E-state index contributed by atoms with van der Waals surface area (Å²) in [6, 6.07) is 0. The molecule has 1 fully saturated rings. The molecule has 0 aromatic heterocycles. The Kier molecular flexibility index (Phi) is 12.4. The van der Waals surface area contributed by atoms with Gasteiger partial charge in [0.1, 0.15) is 6.10 Å². The highest BCUT2D eigenvalue weighted by Gasteiger charge is 2.44. The summed E-state index contributed by atoms with van der Waals surface area (Å²) in [4.78, 5) is 11.1. The average Bonchev–Trinajstić information content (AvgIpc) is 3.01. The molecule has 1 aliphatic carbocycles. The molecule has 5 unspecified atom stereocenters. The predicted octanol–water partition coefficient (Wildman–Crippen LogP) is 4.41. The number of carbonyl (C=O) groups is 1. The number of carbonyl (C=O) groups excluding carboxylic acids is 1. The van der Waals surface area contributed by atoms with Crippen molar-refractivity contribution in [2.24, 2.45) is 11.8 Å². The highest BCUT2D eigenvalue weighted by atomic mass is 31.0. The van der Waals surface area contributed by atoms with E-state index in [0.29, 0.717) is 44.9 Å². The summed E-state index contributed by atoms with van der Waals surface area (Å²) in [6.45, 7) is 1.84. The number of aliphatic hydroxyl groups is 2. The minimum atomic E-state index is -3.08. The van der Waals surface area contributed by atoms with Crippen molar-refractivity contribution in [3.63, 3.8) is 0 Å². The van der Waals surface area contributed by atoms with Crippen LogP contribution in [0.2, 0.25) is 0 Å². The van der Waals surface area contributed by atoms with E-state index in [1.54, 1.807) is 0 Å². The molecule has 0 aromatic carbocycles. The van der Waals surface area contributed by atoms with Crippen molar-refractivity contribution in [3.05, 3.63) is 12.2 Å². The zero-order valence-electron chi connectivity index (χ0n) is 17.6. The molecule has 0 aliphatic heterocycles. The van der Waals surface area contributed by atoms with E-state index in [9.17, 15) is 23.8 Å². The Bertz CT molecular complexity index is 503. The molecule has 0 saturated heterocycles. The van der Waals surface area contributed by atoms with Crippen LogP contribution in [0.25, 0.3) is 0 Å². The second-order valence-electron chi connectivity index (χ2n) is 7.94. The van der Waals surface area contributed by atoms with Crippen molar-refractivity contribution in [2.45, 2.75) is 95.4 Å². The van der Waals surface area contributed by atoms with E-state index >= 15 is 0 Å². The first-order chi connectivity index (χ1) is 13.8. The van der Waals surface area contributed by atoms with Gasteiger partial charge in [-0.25, -0.2) is 8.78 Å². The van der Waals surface area contributed by atoms with Crippen LogP contribution in [0.4, 0.5) is 8.78 Å². The van der Waals surface area contributed by atoms with Crippen LogP contribution in [0.1, 0.15) is 71.1 Å². The normalized spacial score (nSPS) is 26.2. The van der Waals surface area contributed by atoms with Gasteiger partial charge in [-0.1, -0.05) is 25.5 Å². The summed E-state index contributed by atoms with van der Waals surface area (Å²) >= 11 is 0. The SMILES string of the molecule is CCCCC(F)(F)C(O)CC[C@H]1C(OP)CC(O)C1C/C=C\CCCC(=O)OC. The molecule has 0 aromatic rings. The Morgan fingerprint density at radius 2 is 2.03 bits per heavy atom. The molecule has 0 spiro atoms. The standard InChI is InChI=1S/C21H37F2O5P/c1-3-4-13-21(22,23)19(25)12-11-16-15(17(24)14-18(16)28-29)9-7-5-6-8-10-20(26)27-2/h5,7,15-19,24-25H,3-4,6,8-14,29H2,1-2H3/b7-5-/t15?,16-,17?,18?,19?/m1/s1. The lowest BCUT2D eigenvalue weighted by atomic mass is 9.85. The second kappa shape index (κ2) is 13.6. The molecule has 6 atom stereocenters. The minimum absolute atomic E-state index is 0.0159. The first-order valence-electron chi connectivity index (χ1n) is 10.6. The van der Waals surface area contributed by atoms with Crippen LogP contribution in [0.3, 0.4) is 0 Å². The number of ether oxygens (including phenoxy) is 1. The van der Waals surface area contributed by atoms with Crippen molar-refractivity contribution in [2.75, 3.05) is 7.11 Å². The van der Waals surface area contributed by atoms with Crippen LogP contribution >= 0.6 is 9.47 Å². The summed E-state index contributed by atoms with van der Waals surface area (Å²) in [5.41, 5.74) is 0. The Labute approximate surface area is 175 Å². The predicted molar refractivity (Wildman–Crippen MR) is 112 cm³/mol. The van der Waals surface area contributed by atoms with E-state index < -0.39 is 18.1 Å². The molecule has 0 bridgehead atoms. The molecule has 0 radical (unpaired) electrons. The maximum absolute atomic E-state index is 14.1. The summed E-state index contributed by atoms with van der Waals surface area (Å²) in [5.74, 6) is -3.52. The molecule has 0 heterocycles. The summed E-state index contributed by atoms with van der Waals surface area (Å²) in [5, 5.41) is 20.4. The molecule has 29 heavy (non-hydrogen) atoms. The molecule has 8 heteroatoms. The first-order valence-corrected chi connectivity index (χ1v) is 11.0. The lowest BCUT2D eigenvalue weighted by Crippen LogP contribution is -2.34. The molecule has 5 nitrogen and oxygen atoms in total. The van der Waals surface area contributed by atoms with E-state index in [1.165, 1.54) is 7.11 Å². The summed E-state index contributed by atoms with van der Waals surface area (Å²) < 4.78 is 38.1. The molecule has 0 amide bonds. The van der Waals surface area contributed by atoms with Crippen LogP contribution in [0, 0.1) is 11.8 Å². The number of halogens is 2. The monoisotopic (exact) mass is 438 g/mol. The van der Waals surface area contributed by atoms with Crippen LogP contribution in [-0.2, 0) is 14.1 Å². The maximum atomic E-state index is 14.1. The Hall–Kier alpha value is -0.620. The fourth-order valence-electron chi connectivity index (χ4n) is 4.02. The van der Waals surface area contributed by atoms with Gasteiger partial charge >= 0.3 is 5.97 Å². The number of alkyl halides is 2. The maximum Gasteiger partial charge on any atom is 0.305 e. The van der Waals surface area contributed by atoms with Crippen LogP contribution < -0.4 is 0 Å². The first kappa shape index (κ1) is 26.4. The molecular formula is C21H37F2O5P. The minimum Gasteiger partial charge on any atom is -0.469 e. The Balaban J connectivity index is 2.56. The van der Waals surface area contributed by atoms with Gasteiger partial charge in [-0.3, -0.25) is 4.79 Å². The zero-order valence-corrected chi connectivity index (χ0v) is 18.7. The van der Waals surface area contributed by atoms with Crippen LogP contribution in [0.15, 0.2) is 12.2 Å². The fourth-order valence-corrected chi connectivity index (χ4v) is 4.33. The van der Waals surface area contributed by atoms with Gasteiger partial charge < -0.3 is 19.5 Å². The third kappa shape index (κ3) is 8.95. The van der Waals surface area contributed by atoms with Gasteiger partial charge in [-0.2, -0.15) is 0 Å². The van der Waals surface area contributed by atoms with Crippen LogP contribution in [0.5, 0.6) is 0 Å². The molecule has 170 valence electrons.